The summed E-state index contributed by atoms with van der Waals surface area (Å²) in [5, 5.41) is 9.17. The minimum atomic E-state index is -0.230. The van der Waals surface area contributed by atoms with Crippen LogP contribution in [-0.4, -0.2) is 35.6 Å². The summed E-state index contributed by atoms with van der Waals surface area (Å²) in [7, 11) is 0. The van der Waals surface area contributed by atoms with Crippen LogP contribution in [0.25, 0.3) is 0 Å². The Balaban J connectivity index is 2.66. The fraction of sp³-hybridized carbons (Fsp3) is 0.588. The predicted molar refractivity (Wildman–Crippen MR) is 87.1 cm³/mol. The lowest BCUT2D eigenvalue weighted by Crippen LogP contribution is -2.37. The molecule has 0 aliphatic rings. The summed E-state index contributed by atoms with van der Waals surface area (Å²) in [6, 6.07) is 7.45. The van der Waals surface area contributed by atoms with Gasteiger partial charge in [-0.15, -0.1) is 0 Å². The largest absolute Gasteiger partial charge is 0.399 e. The molecule has 1 unspecified atom stereocenters. The normalized spacial score (nSPS) is 12.1. The number of hydrogen-bond donors (Lipinski definition) is 2. The van der Waals surface area contributed by atoms with Crippen molar-refractivity contribution in [1.82, 2.24) is 4.90 Å². The maximum absolute atomic E-state index is 12.6. The molecular weight excluding hydrogens is 264 g/mol. The molecule has 1 atom stereocenters. The monoisotopic (exact) mass is 292 g/mol. The van der Waals surface area contributed by atoms with Gasteiger partial charge in [-0.2, -0.15) is 0 Å². The van der Waals surface area contributed by atoms with Crippen molar-refractivity contribution in [1.29, 1.82) is 0 Å². The van der Waals surface area contributed by atoms with E-state index in [1.807, 2.05) is 31.2 Å². The molecule has 0 bridgehead atoms. The van der Waals surface area contributed by atoms with Gasteiger partial charge in [0.2, 0.25) is 5.91 Å². The molecule has 21 heavy (non-hydrogen) atoms. The second kappa shape index (κ2) is 9.40. The highest BCUT2D eigenvalue weighted by Crippen LogP contribution is 2.20. The quantitative estimate of drug-likeness (QED) is 0.543. The highest BCUT2D eigenvalue weighted by molar-refractivity contribution is 5.83. The Labute approximate surface area is 128 Å². The summed E-state index contributed by atoms with van der Waals surface area (Å²) in [6.45, 7) is 5.18. The molecule has 0 radical (unpaired) electrons. The van der Waals surface area contributed by atoms with Crippen LogP contribution in [0.2, 0.25) is 0 Å². The lowest BCUT2D eigenvalue weighted by atomic mass is 9.99. The molecule has 0 fully saturated rings. The van der Waals surface area contributed by atoms with Gasteiger partial charge in [0.05, 0.1) is 12.5 Å². The Morgan fingerprint density at radius 1 is 1.29 bits per heavy atom. The second-order valence-electron chi connectivity index (χ2n) is 5.50. The number of carbonyl (C=O) groups is 1. The van der Waals surface area contributed by atoms with Crippen LogP contribution in [0.1, 0.15) is 51.0 Å². The van der Waals surface area contributed by atoms with Crippen molar-refractivity contribution < 1.29 is 9.90 Å². The van der Waals surface area contributed by atoms with E-state index in [1.54, 1.807) is 4.90 Å². The fourth-order valence-corrected chi connectivity index (χ4v) is 2.43. The molecule has 1 amide bonds. The molecule has 0 aliphatic carbocycles. The van der Waals surface area contributed by atoms with E-state index in [4.69, 9.17) is 5.73 Å². The first kappa shape index (κ1) is 17.5. The van der Waals surface area contributed by atoms with Crippen LogP contribution >= 0.6 is 0 Å². The molecular formula is C17H28N2O2. The minimum Gasteiger partial charge on any atom is -0.399 e. The van der Waals surface area contributed by atoms with Gasteiger partial charge >= 0.3 is 0 Å². The smallest absolute Gasteiger partial charge is 0.229 e. The molecule has 1 rings (SSSR count). The number of aliphatic hydroxyl groups excluding tert-OH is 1. The average molecular weight is 292 g/mol. The van der Waals surface area contributed by atoms with Crippen molar-refractivity contribution in [3.8, 4) is 0 Å². The molecule has 1 aromatic carbocycles. The van der Waals surface area contributed by atoms with Crippen LogP contribution < -0.4 is 5.73 Å². The summed E-state index contributed by atoms with van der Waals surface area (Å²) in [5.74, 6) is -0.169. The van der Waals surface area contributed by atoms with E-state index in [0.29, 0.717) is 18.8 Å². The summed E-state index contributed by atoms with van der Waals surface area (Å²) in [5.41, 5.74) is 7.38. The third kappa shape index (κ3) is 5.76. The molecule has 0 aliphatic heterocycles. The van der Waals surface area contributed by atoms with Gasteiger partial charge in [-0.25, -0.2) is 0 Å². The number of benzene rings is 1. The van der Waals surface area contributed by atoms with E-state index in [1.165, 1.54) is 12.8 Å². The number of nitrogen functional groups attached to an aromatic ring is 1. The van der Waals surface area contributed by atoms with E-state index < -0.39 is 0 Å². The SMILES string of the molecule is CCCCCCN(CCO)C(=O)C(C)c1cccc(N)c1. The van der Waals surface area contributed by atoms with Crippen molar-refractivity contribution >= 4 is 11.6 Å². The van der Waals surface area contributed by atoms with Crippen LogP contribution in [0.3, 0.4) is 0 Å². The third-order valence-corrected chi connectivity index (χ3v) is 3.74. The fourth-order valence-electron chi connectivity index (χ4n) is 2.43. The zero-order valence-electron chi connectivity index (χ0n) is 13.2. The maximum atomic E-state index is 12.6. The summed E-state index contributed by atoms with van der Waals surface area (Å²) >= 11 is 0. The van der Waals surface area contributed by atoms with Gasteiger partial charge in [0, 0.05) is 18.8 Å². The molecule has 0 saturated carbocycles. The standard InChI is InChI=1S/C17H28N2O2/c1-3-4-5-6-10-19(11-12-20)17(21)14(2)15-8-7-9-16(18)13-15/h7-9,13-14,20H,3-6,10-12,18H2,1-2H3. The molecule has 0 saturated heterocycles. The number of nitrogens with two attached hydrogens (primary N) is 1. The average Bonchev–Trinajstić information content (AvgIpc) is 2.49. The predicted octanol–water partition coefficient (Wildman–Crippen LogP) is 2.77. The second-order valence-corrected chi connectivity index (χ2v) is 5.50. The Morgan fingerprint density at radius 3 is 2.67 bits per heavy atom. The van der Waals surface area contributed by atoms with Gasteiger partial charge < -0.3 is 15.7 Å². The van der Waals surface area contributed by atoms with Crippen LogP contribution in [0, 0.1) is 0 Å². The number of amides is 1. The summed E-state index contributed by atoms with van der Waals surface area (Å²) in [6.07, 6.45) is 4.47. The van der Waals surface area contributed by atoms with Crippen molar-refractivity contribution in [3.63, 3.8) is 0 Å². The van der Waals surface area contributed by atoms with Crippen LogP contribution in [0.4, 0.5) is 5.69 Å². The Bertz CT molecular complexity index is 435. The molecule has 1 aromatic rings. The van der Waals surface area contributed by atoms with Crippen LogP contribution in [-0.2, 0) is 4.79 Å². The Kier molecular flexibility index (Phi) is 7.83. The number of carbonyl (C=O) groups excluding carboxylic acids is 1. The van der Waals surface area contributed by atoms with E-state index >= 15 is 0 Å². The molecule has 4 nitrogen and oxygen atoms in total. The number of rotatable bonds is 9. The van der Waals surface area contributed by atoms with Gasteiger partial charge in [-0.05, 0) is 31.0 Å². The van der Waals surface area contributed by atoms with E-state index in [9.17, 15) is 9.90 Å². The highest BCUT2D eigenvalue weighted by Gasteiger charge is 2.21. The Hall–Kier alpha value is -1.55. The number of aliphatic hydroxyl groups is 1. The summed E-state index contributed by atoms with van der Waals surface area (Å²) in [4.78, 5) is 14.3. The van der Waals surface area contributed by atoms with Gasteiger partial charge in [0.25, 0.3) is 0 Å². The lowest BCUT2D eigenvalue weighted by molar-refractivity contribution is -0.133. The topological polar surface area (TPSA) is 66.6 Å². The molecule has 4 heteroatoms. The van der Waals surface area contributed by atoms with Gasteiger partial charge in [0.1, 0.15) is 0 Å². The molecule has 118 valence electrons. The zero-order chi connectivity index (χ0) is 15.7. The highest BCUT2D eigenvalue weighted by atomic mass is 16.3. The Morgan fingerprint density at radius 2 is 2.05 bits per heavy atom. The molecule has 3 N–H and O–H groups in total. The first-order valence-corrected chi connectivity index (χ1v) is 7.85. The minimum absolute atomic E-state index is 0.00314. The van der Waals surface area contributed by atoms with E-state index in [0.717, 1.165) is 18.4 Å². The number of hydrogen-bond acceptors (Lipinski definition) is 3. The first-order valence-electron chi connectivity index (χ1n) is 7.85. The lowest BCUT2D eigenvalue weighted by Gasteiger charge is -2.25. The van der Waals surface area contributed by atoms with Gasteiger partial charge in [-0.1, -0.05) is 38.3 Å². The van der Waals surface area contributed by atoms with Crippen LogP contribution in [0.5, 0.6) is 0 Å². The zero-order valence-corrected chi connectivity index (χ0v) is 13.2. The van der Waals surface area contributed by atoms with Crippen LogP contribution in [0.15, 0.2) is 24.3 Å². The van der Waals surface area contributed by atoms with Gasteiger partial charge in [0.15, 0.2) is 0 Å². The number of unbranched alkanes of at least 4 members (excludes halogenated alkanes) is 3. The molecule has 0 spiro atoms. The van der Waals surface area contributed by atoms with Gasteiger partial charge in [-0.3, -0.25) is 4.79 Å². The first-order chi connectivity index (χ1) is 10.1. The molecule has 0 aromatic heterocycles. The number of anilines is 1. The summed E-state index contributed by atoms with van der Waals surface area (Å²) < 4.78 is 0. The van der Waals surface area contributed by atoms with E-state index in [2.05, 4.69) is 6.92 Å². The van der Waals surface area contributed by atoms with E-state index in [-0.39, 0.29) is 18.4 Å². The van der Waals surface area contributed by atoms with Crippen molar-refractivity contribution in [2.24, 2.45) is 0 Å². The van der Waals surface area contributed by atoms with Crippen molar-refractivity contribution in [2.75, 3.05) is 25.4 Å². The van der Waals surface area contributed by atoms with Crippen molar-refractivity contribution in [2.45, 2.75) is 45.4 Å². The molecule has 0 heterocycles. The third-order valence-electron chi connectivity index (χ3n) is 3.74. The number of nitrogens with zero attached hydrogens (tertiary/aromatic N) is 1. The van der Waals surface area contributed by atoms with Crippen molar-refractivity contribution in [3.05, 3.63) is 29.8 Å². The maximum Gasteiger partial charge on any atom is 0.229 e.